The van der Waals surface area contributed by atoms with E-state index >= 15 is 0 Å². The summed E-state index contributed by atoms with van der Waals surface area (Å²) in [7, 11) is 0. The minimum absolute atomic E-state index is 0.256. The number of aliphatic hydroxyl groups excluding tert-OH is 1. The molecule has 0 radical (unpaired) electrons. The van der Waals surface area contributed by atoms with Crippen molar-refractivity contribution in [3.05, 3.63) is 0 Å². The minimum atomic E-state index is -0.812. The van der Waals surface area contributed by atoms with Crippen molar-refractivity contribution in [3.8, 4) is 0 Å². The topological polar surface area (TPSA) is 60.8 Å². The molecule has 2 rings (SSSR count). The van der Waals surface area contributed by atoms with Crippen LogP contribution < -0.4 is 0 Å². The minimum Gasteiger partial charge on any atom is -0.465 e. The number of likely N-dealkylation sites (tertiary alicyclic amines) is 1. The molecule has 1 aliphatic heterocycles. The average Bonchev–Trinajstić information content (AvgIpc) is 1.81. The molecule has 1 saturated carbocycles. The highest BCUT2D eigenvalue weighted by Crippen LogP contribution is 2.51. The van der Waals surface area contributed by atoms with Gasteiger partial charge in [-0.05, 0) is 18.8 Å². The van der Waals surface area contributed by atoms with E-state index in [1.165, 1.54) is 4.90 Å². The van der Waals surface area contributed by atoms with Gasteiger partial charge < -0.3 is 15.1 Å². The molecule has 1 spiro atoms. The summed E-state index contributed by atoms with van der Waals surface area (Å²) in [6.45, 7) is 1.62. The maximum absolute atomic E-state index is 10.4. The second-order valence-electron chi connectivity index (χ2n) is 4.10. The molecular formula is C8H13NO3. The van der Waals surface area contributed by atoms with Crippen molar-refractivity contribution in [2.75, 3.05) is 19.7 Å². The predicted octanol–water partition coefficient (Wildman–Crippen LogP) is 0.369. The van der Waals surface area contributed by atoms with E-state index in [-0.39, 0.29) is 12.0 Å². The number of aliphatic hydroxyl groups is 1. The number of rotatable bonds is 1. The van der Waals surface area contributed by atoms with Crippen molar-refractivity contribution in [2.24, 2.45) is 11.3 Å². The average molecular weight is 171 g/mol. The first-order chi connectivity index (χ1) is 5.65. The molecule has 0 atom stereocenters. The van der Waals surface area contributed by atoms with E-state index in [1.54, 1.807) is 0 Å². The zero-order valence-corrected chi connectivity index (χ0v) is 6.86. The molecule has 0 bridgehead atoms. The Morgan fingerprint density at radius 3 is 2.50 bits per heavy atom. The Labute approximate surface area is 70.8 Å². The van der Waals surface area contributed by atoms with Gasteiger partial charge in [0.25, 0.3) is 0 Å². The molecule has 2 N–H and O–H groups in total. The van der Waals surface area contributed by atoms with Gasteiger partial charge in [0.1, 0.15) is 0 Å². The van der Waals surface area contributed by atoms with Crippen LogP contribution in [0.4, 0.5) is 4.79 Å². The van der Waals surface area contributed by atoms with Crippen molar-refractivity contribution < 1.29 is 15.0 Å². The van der Waals surface area contributed by atoms with E-state index < -0.39 is 6.09 Å². The molecule has 1 aliphatic carbocycles. The number of hydrogen-bond donors (Lipinski definition) is 2. The van der Waals surface area contributed by atoms with Gasteiger partial charge in [-0.3, -0.25) is 0 Å². The summed E-state index contributed by atoms with van der Waals surface area (Å²) in [4.78, 5) is 11.9. The van der Waals surface area contributed by atoms with Crippen LogP contribution in [0, 0.1) is 11.3 Å². The molecule has 4 heteroatoms. The van der Waals surface area contributed by atoms with Gasteiger partial charge in [-0.1, -0.05) is 0 Å². The second-order valence-corrected chi connectivity index (χ2v) is 4.10. The molecule has 4 nitrogen and oxygen atoms in total. The normalized spacial score (nSPS) is 26.6. The van der Waals surface area contributed by atoms with Crippen molar-refractivity contribution in [1.29, 1.82) is 0 Å². The van der Waals surface area contributed by atoms with Gasteiger partial charge in [0.05, 0.1) is 0 Å². The Morgan fingerprint density at radius 1 is 1.50 bits per heavy atom. The van der Waals surface area contributed by atoms with Crippen LogP contribution in [-0.2, 0) is 0 Å². The summed E-state index contributed by atoms with van der Waals surface area (Å²) in [5.41, 5.74) is 0.256. The standard InChI is InChI=1S/C8H13NO3/c10-3-6-1-8(2-6)4-9(5-8)7(11)12/h6,10H,1-5H2,(H,11,12). The van der Waals surface area contributed by atoms with E-state index in [1.807, 2.05) is 0 Å². The highest BCUT2D eigenvalue weighted by molar-refractivity contribution is 5.66. The molecule has 68 valence electrons. The molecule has 2 fully saturated rings. The first-order valence-electron chi connectivity index (χ1n) is 4.24. The highest BCUT2D eigenvalue weighted by Gasteiger charge is 2.53. The largest absolute Gasteiger partial charge is 0.465 e. The lowest BCUT2D eigenvalue weighted by atomic mass is 9.58. The van der Waals surface area contributed by atoms with E-state index in [4.69, 9.17) is 10.2 Å². The summed E-state index contributed by atoms with van der Waals surface area (Å²) in [6.07, 6.45) is 1.20. The van der Waals surface area contributed by atoms with Crippen molar-refractivity contribution >= 4 is 6.09 Å². The molecule has 2 aliphatic rings. The SMILES string of the molecule is O=C(O)N1CC2(CC(CO)C2)C1. The number of amides is 1. The van der Waals surface area contributed by atoms with Crippen molar-refractivity contribution in [3.63, 3.8) is 0 Å². The van der Waals surface area contributed by atoms with E-state index in [0.717, 1.165) is 12.8 Å². The Hall–Kier alpha value is -0.770. The van der Waals surface area contributed by atoms with E-state index in [9.17, 15) is 4.79 Å². The third kappa shape index (κ3) is 0.982. The van der Waals surface area contributed by atoms with Gasteiger partial charge in [-0.2, -0.15) is 0 Å². The summed E-state index contributed by atoms with van der Waals surface area (Å²) < 4.78 is 0. The van der Waals surface area contributed by atoms with Crippen LogP contribution in [-0.4, -0.2) is 40.9 Å². The lowest BCUT2D eigenvalue weighted by molar-refractivity contribution is -0.0918. The van der Waals surface area contributed by atoms with Crippen molar-refractivity contribution in [2.45, 2.75) is 12.8 Å². The fourth-order valence-electron chi connectivity index (χ4n) is 2.45. The summed E-state index contributed by atoms with van der Waals surface area (Å²) >= 11 is 0. The Balaban J connectivity index is 1.79. The van der Waals surface area contributed by atoms with Gasteiger partial charge in [0.15, 0.2) is 0 Å². The first-order valence-corrected chi connectivity index (χ1v) is 4.24. The van der Waals surface area contributed by atoms with Gasteiger partial charge in [-0.25, -0.2) is 4.79 Å². The molecule has 0 aromatic carbocycles. The predicted molar refractivity (Wildman–Crippen MR) is 41.8 cm³/mol. The van der Waals surface area contributed by atoms with Gasteiger partial charge in [0, 0.05) is 25.1 Å². The fraction of sp³-hybridized carbons (Fsp3) is 0.875. The maximum atomic E-state index is 10.4. The Morgan fingerprint density at radius 2 is 2.08 bits per heavy atom. The number of carboxylic acid groups (broad SMARTS) is 1. The molecular weight excluding hydrogens is 158 g/mol. The van der Waals surface area contributed by atoms with Crippen LogP contribution in [0.1, 0.15) is 12.8 Å². The smallest absolute Gasteiger partial charge is 0.407 e. The van der Waals surface area contributed by atoms with E-state index in [0.29, 0.717) is 19.0 Å². The zero-order valence-electron chi connectivity index (χ0n) is 6.86. The second kappa shape index (κ2) is 2.36. The molecule has 12 heavy (non-hydrogen) atoms. The number of hydrogen-bond acceptors (Lipinski definition) is 2. The first kappa shape index (κ1) is 7.86. The summed E-state index contributed by atoms with van der Waals surface area (Å²) in [5, 5.41) is 17.4. The molecule has 1 amide bonds. The Bertz CT molecular complexity index is 202. The molecule has 0 unspecified atom stereocenters. The summed E-state index contributed by atoms with van der Waals surface area (Å²) in [6, 6.07) is 0. The summed E-state index contributed by atoms with van der Waals surface area (Å²) in [5.74, 6) is 0.431. The lowest BCUT2D eigenvalue weighted by Gasteiger charge is -2.57. The Kier molecular flexibility index (Phi) is 1.54. The van der Waals surface area contributed by atoms with Crippen LogP contribution >= 0.6 is 0 Å². The van der Waals surface area contributed by atoms with Gasteiger partial charge in [-0.15, -0.1) is 0 Å². The molecule has 0 aromatic rings. The molecule has 1 heterocycles. The van der Waals surface area contributed by atoms with Crippen LogP contribution in [0.3, 0.4) is 0 Å². The lowest BCUT2D eigenvalue weighted by Crippen LogP contribution is -2.63. The van der Waals surface area contributed by atoms with Crippen LogP contribution in [0.5, 0.6) is 0 Å². The number of carbonyl (C=O) groups is 1. The van der Waals surface area contributed by atoms with Crippen LogP contribution in [0.2, 0.25) is 0 Å². The quantitative estimate of drug-likeness (QED) is 0.599. The molecule has 1 saturated heterocycles. The third-order valence-electron chi connectivity index (χ3n) is 3.02. The van der Waals surface area contributed by atoms with Crippen LogP contribution in [0.25, 0.3) is 0 Å². The number of nitrogens with zero attached hydrogens (tertiary/aromatic N) is 1. The van der Waals surface area contributed by atoms with Crippen LogP contribution in [0.15, 0.2) is 0 Å². The maximum Gasteiger partial charge on any atom is 0.407 e. The fourth-order valence-corrected chi connectivity index (χ4v) is 2.45. The van der Waals surface area contributed by atoms with E-state index in [2.05, 4.69) is 0 Å². The van der Waals surface area contributed by atoms with Gasteiger partial charge >= 0.3 is 6.09 Å². The zero-order chi connectivity index (χ0) is 8.77. The highest BCUT2D eigenvalue weighted by atomic mass is 16.4. The van der Waals surface area contributed by atoms with Crippen molar-refractivity contribution in [1.82, 2.24) is 4.90 Å². The van der Waals surface area contributed by atoms with Gasteiger partial charge in [0.2, 0.25) is 0 Å². The molecule has 0 aromatic heterocycles. The monoisotopic (exact) mass is 171 g/mol. The third-order valence-corrected chi connectivity index (χ3v) is 3.02.